The Labute approximate surface area is 150 Å². The zero-order valence-corrected chi connectivity index (χ0v) is 15.2. The van der Waals surface area contributed by atoms with Crippen LogP contribution < -0.4 is 5.32 Å². The van der Waals surface area contributed by atoms with E-state index in [-0.39, 0.29) is 16.5 Å². The van der Waals surface area contributed by atoms with Crippen LogP contribution in [0.3, 0.4) is 0 Å². The number of hydrogen-bond acceptors (Lipinski definition) is 6. The van der Waals surface area contributed by atoms with Gasteiger partial charge in [-0.1, -0.05) is 19.3 Å². The van der Waals surface area contributed by atoms with Gasteiger partial charge in [0, 0.05) is 18.9 Å². The predicted molar refractivity (Wildman–Crippen MR) is 92.3 cm³/mol. The molecule has 0 atom stereocenters. The predicted octanol–water partition coefficient (Wildman–Crippen LogP) is 3.00. The van der Waals surface area contributed by atoms with Crippen LogP contribution in [-0.4, -0.2) is 41.2 Å². The van der Waals surface area contributed by atoms with Gasteiger partial charge in [-0.3, -0.25) is 0 Å². The van der Waals surface area contributed by atoms with Crippen molar-refractivity contribution < 1.29 is 17.2 Å². The Morgan fingerprint density at radius 2 is 1.96 bits per heavy atom. The van der Waals surface area contributed by atoms with Crippen LogP contribution in [0.1, 0.15) is 44.2 Å². The van der Waals surface area contributed by atoms with Crippen LogP contribution in [0.2, 0.25) is 0 Å². The second-order valence-electron chi connectivity index (χ2n) is 6.55. The molecule has 0 amide bonds. The lowest BCUT2D eigenvalue weighted by Crippen LogP contribution is -2.19. The molecule has 7 nitrogen and oxygen atoms in total. The number of hydrogen-bond donors (Lipinski definition) is 1. The van der Waals surface area contributed by atoms with Crippen molar-refractivity contribution in [3.05, 3.63) is 23.9 Å². The minimum atomic E-state index is -3.48. The number of rotatable bonds is 6. The average molecular weight is 385 g/mol. The van der Waals surface area contributed by atoms with Gasteiger partial charge in [-0.15, -0.1) is 10.2 Å². The Kier molecular flexibility index (Phi) is 5.49. The molecule has 142 valence electrons. The summed E-state index contributed by atoms with van der Waals surface area (Å²) in [6, 6.07) is 3.98. The first-order chi connectivity index (χ1) is 12.3. The number of nitrogens with zero attached hydrogens (tertiary/aromatic N) is 4. The summed E-state index contributed by atoms with van der Waals surface area (Å²) in [5.74, 6) is 1.07. The van der Waals surface area contributed by atoms with Crippen LogP contribution in [-0.2, 0) is 9.84 Å². The molecule has 1 saturated carbocycles. The molecule has 2 aromatic rings. The first-order valence-electron chi connectivity index (χ1n) is 8.51. The molecule has 3 rings (SSSR count). The van der Waals surface area contributed by atoms with Crippen molar-refractivity contribution in [1.29, 1.82) is 0 Å². The van der Waals surface area contributed by atoms with E-state index in [2.05, 4.69) is 20.6 Å². The van der Waals surface area contributed by atoms with Crippen LogP contribution in [0.4, 0.5) is 14.6 Å². The highest BCUT2D eigenvalue weighted by molar-refractivity contribution is 7.90. The summed E-state index contributed by atoms with van der Waals surface area (Å²) in [5, 5.41) is 14.4. The summed E-state index contributed by atoms with van der Waals surface area (Å²) < 4.78 is 50.3. The van der Waals surface area contributed by atoms with Crippen LogP contribution >= 0.6 is 0 Å². The lowest BCUT2D eigenvalue weighted by molar-refractivity contribution is 0.145. The number of anilines is 1. The summed E-state index contributed by atoms with van der Waals surface area (Å²) in [6.45, 7) is 0.670. The van der Waals surface area contributed by atoms with Gasteiger partial charge in [-0.05, 0) is 30.9 Å². The van der Waals surface area contributed by atoms with Crippen LogP contribution in [0.15, 0.2) is 23.2 Å². The van der Waals surface area contributed by atoms with Crippen molar-refractivity contribution in [3.63, 3.8) is 0 Å². The number of sulfone groups is 1. The molecule has 26 heavy (non-hydrogen) atoms. The quantitative estimate of drug-likeness (QED) is 0.822. The van der Waals surface area contributed by atoms with Gasteiger partial charge in [0.15, 0.2) is 20.7 Å². The molecular weight excluding hydrogens is 364 g/mol. The summed E-state index contributed by atoms with van der Waals surface area (Å²) in [6.07, 6.45) is 4.16. The highest BCUT2D eigenvalue weighted by Gasteiger charge is 2.20. The minimum absolute atomic E-state index is 0.176. The Balaban J connectivity index is 1.84. The van der Waals surface area contributed by atoms with Crippen molar-refractivity contribution in [2.75, 3.05) is 18.1 Å². The van der Waals surface area contributed by atoms with Gasteiger partial charge in [0.05, 0.1) is 0 Å². The minimum Gasteiger partial charge on any atom is -0.370 e. The lowest BCUT2D eigenvalue weighted by atomic mass is 9.89. The van der Waals surface area contributed by atoms with Crippen LogP contribution in [0.25, 0.3) is 5.82 Å². The molecule has 10 heteroatoms. The fourth-order valence-corrected chi connectivity index (χ4v) is 3.57. The van der Waals surface area contributed by atoms with Crippen LogP contribution in [0, 0.1) is 5.92 Å². The molecule has 1 aliphatic carbocycles. The van der Waals surface area contributed by atoms with Gasteiger partial charge >= 0.3 is 0 Å². The van der Waals surface area contributed by atoms with E-state index in [4.69, 9.17) is 0 Å². The monoisotopic (exact) mass is 385 g/mol. The Bertz CT molecular complexity index is 846. The Morgan fingerprint density at radius 3 is 2.54 bits per heavy atom. The molecule has 2 aromatic heterocycles. The molecular formula is C16H21F2N5O2S. The molecule has 0 unspecified atom stereocenters. The highest BCUT2D eigenvalue weighted by atomic mass is 32.2. The summed E-state index contributed by atoms with van der Waals surface area (Å²) in [7, 11) is -3.48. The highest BCUT2D eigenvalue weighted by Crippen LogP contribution is 2.26. The SMILES string of the molecule is CS(=O)(=O)c1ccc(-n2nc(C(F)F)cc2NCC2CCCCC2)nn1. The fourth-order valence-electron chi connectivity index (χ4n) is 3.07. The molecule has 1 aliphatic rings. The smallest absolute Gasteiger partial charge is 0.282 e. The number of halogens is 2. The standard InChI is InChI=1S/C16H21F2N5O2S/c1-26(24,25)15-8-7-13(20-21-15)23-14(9-12(22-23)16(17)18)19-10-11-5-3-2-4-6-11/h7-9,11,16,19H,2-6,10H2,1H3. The average Bonchev–Trinajstić information content (AvgIpc) is 3.05. The molecule has 1 fully saturated rings. The molecule has 0 spiro atoms. The summed E-state index contributed by atoms with van der Waals surface area (Å²) in [4.78, 5) is 0. The maximum Gasteiger partial charge on any atom is 0.282 e. The van der Waals surface area contributed by atoms with E-state index in [1.807, 2.05) is 0 Å². The second-order valence-corrected chi connectivity index (χ2v) is 8.52. The first kappa shape index (κ1) is 18.7. The van der Waals surface area contributed by atoms with Crippen molar-refractivity contribution >= 4 is 15.7 Å². The van der Waals surface area contributed by atoms with Crippen molar-refractivity contribution in [1.82, 2.24) is 20.0 Å². The van der Waals surface area contributed by atoms with E-state index < -0.39 is 16.3 Å². The largest absolute Gasteiger partial charge is 0.370 e. The third-order valence-corrected chi connectivity index (χ3v) is 5.45. The zero-order chi connectivity index (χ0) is 18.7. The third kappa shape index (κ3) is 4.35. The van der Waals surface area contributed by atoms with E-state index >= 15 is 0 Å². The van der Waals surface area contributed by atoms with E-state index in [0.717, 1.165) is 19.1 Å². The molecule has 0 aromatic carbocycles. The van der Waals surface area contributed by atoms with Gasteiger partial charge in [-0.25, -0.2) is 17.2 Å². The number of nitrogens with one attached hydrogen (secondary N) is 1. The van der Waals surface area contributed by atoms with Crippen molar-refractivity contribution in [3.8, 4) is 5.82 Å². The second kappa shape index (κ2) is 7.65. The summed E-state index contributed by atoms with van der Waals surface area (Å²) in [5.41, 5.74) is -0.370. The Hall–Kier alpha value is -2.10. The first-order valence-corrected chi connectivity index (χ1v) is 10.4. The normalized spacial score (nSPS) is 16.2. The maximum absolute atomic E-state index is 13.1. The fraction of sp³-hybridized carbons (Fsp3) is 0.562. The molecule has 2 heterocycles. The van der Waals surface area contributed by atoms with Crippen molar-refractivity contribution in [2.24, 2.45) is 5.92 Å². The summed E-state index contributed by atoms with van der Waals surface area (Å²) >= 11 is 0. The van der Waals surface area contributed by atoms with Gasteiger partial charge in [0.25, 0.3) is 6.43 Å². The van der Waals surface area contributed by atoms with Gasteiger partial charge in [-0.2, -0.15) is 9.78 Å². The zero-order valence-electron chi connectivity index (χ0n) is 14.4. The van der Waals surface area contributed by atoms with E-state index in [9.17, 15) is 17.2 Å². The van der Waals surface area contributed by atoms with Crippen molar-refractivity contribution in [2.45, 2.75) is 43.6 Å². The molecule has 0 bridgehead atoms. The Morgan fingerprint density at radius 1 is 1.23 bits per heavy atom. The number of alkyl halides is 2. The molecule has 1 N–H and O–H groups in total. The number of aromatic nitrogens is 4. The van der Waals surface area contributed by atoms with E-state index in [0.29, 0.717) is 18.3 Å². The van der Waals surface area contributed by atoms with E-state index in [1.54, 1.807) is 0 Å². The van der Waals surface area contributed by atoms with Gasteiger partial charge in [0.1, 0.15) is 11.5 Å². The molecule has 0 radical (unpaired) electrons. The van der Waals surface area contributed by atoms with Crippen LogP contribution in [0.5, 0.6) is 0 Å². The third-order valence-electron chi connectivity index (χ3n) is 4.47. The molecule has 0 aliphatic heterocycles. The lowest BCUT2D eigenvalue weighted by Gasteiger charge is -2.22. The maximum atomic E-state index is 13.1. The van der Waals surface area contributed by atoms with Gasteiger partial charge in [0.2, 0.25) is 0 Å². The molecule has 0 saturated heterocycles. The van der Waals surface area contributed by atoms with Gasteiger partial charge < -0.3 is 5.32 Å². The van der Waals surface area contributed by atoms with E-state index in [1.165, 1.54) is 42.1 Å². The topological polar surface area (TPSA) is 89.8 Å².